The summed E-state index contributed by atoms with van der Waals surface area (Å²) in [6, 6.07) is 81.6. The fraction of sp³-hybridized carbons (Fsp3) is 0.0169. The van der Waals surface area contributed by atoms with Crippen molar-refractivity contribution >= 4 is 92.9 Å². The molecule has 3 heterocycles. The van der Waals surface area contributed by atoms with Crippen LogP contribution in [0.2, 0.25) is 0 Å². The van der Waals surface area contributed by atoms with Crippen molar-refractivity contribution in [3.63, 3.8) is 0 Å². The molecule has 0 amide bonds. The maximum absolute atomic E-state index is 2.46. The van der Waals surface area contributed by atoms with E-state index in [1.54, 1.807) is 0 Å². The zero-order valence-electron chi connectivity index (χ0n) is 34.0. The van der Waals surface area contributed by atoms with E-state index in [-0.39, 0.29) is 0 Å². The molecule has 0 saturated heterocycles. The molecule has 0 N–H and O–H groups in total. The van der Waals surface area contributed by atoms with E-state index in [1.165, 1.54) is 102 Å². The van der Waals surface area contributed by atoms with Gasteiger partial charge in [-0.1, -0.05) is 163 Å². The minimum Gasteiger partial charge on any atom is -0.310 e. The van der Waals surface area contributed by atoms with Crippen LogP contribution < -0.4 is 4.90 Å². The van der Waals surface area contributed by atoms with Gasteiger partial charge < -0.3 is 9.47 Å². The summed E-state index contributed by atoms with van der Waals surface area (Å²) in [7, 11) is 0. The Morgan fingerprint density at radius 3 is 1.95 bits per heavy atom. The third-order valence-electron chi connectivity index (χ3n) is 13.6. The summed E-state index contributed by atoms with van der Waals surface area (Å²) in [5.41, 5.74) is 14.4. The molecule has 12 aromatic rings. The SMILES string of the molecule is c1ccc(N(c2ccc3c(c2)Sc2ccccc2C32c3ccccc3-c3cccc4cccc2c34)c2ccc3c4ccccc4n(-c4ccc5c(c4)sc4ccccc45)c3c2)cc1. The lowest BCUT2D eigenvalue weighted by Crippen LogP contribution is -2.36. The summed E-state index contributed by atoms with van der Waals surface area (Å²) in [4.78, 5) is 5.00. The second kappa shape index (κ2) is 13.3. The molecule has 1 aliphatic heterocycles. The molecule has 1 aliphatic carbocycles. The molecule has 294 valence electrons. The topological polar surface area (TPSA) is 8.17 Å². The van der Waals surface area contributed by atoms with Gasteiger partial charge in [-0.15, -0.1) is 11.3 Å². The van der Waals surface area contributed by atoms with Gasteiger partial charge in [-0.2, -0.15) is 0 Å². The van der Waals surface area contributed by atoms with E-state index in [0.29, 0.717) is 0 Å². The Bertz CT molecular complexity index is 3850. The summed E-state index contributed by atoms with van der Waals surface area (Å²) in [6.07, 6.45) is 0. The number of hydrogen-bond acceptors (Lipinski definition) is 3. The van der Waals surface area contributed by atoms with Crippen molar-refractivity contribution in [2.24, 2.45) is 0 Å². The molecule has 1 spiro atoms. The highest BCUT2D eigenvalue weighted by atomic mass is 32.2. The summed E-state index contributed by atoms with van der Waals surface area (Å²) in [5.74, 6) is 0. The molecular formula is C59H36N2S2. The largest absolute Gasteiger partial charge is 0.310 e. The van der Waals surface area contributed by atoms with E-state index in [9.17, 15) is 0 Å². The Balaban J connectivity index is 0.999. The number of rotatable bonds is 4. The van der Waals surface area contributed by atoms with Crippen LogP contribution in [-0.2, 0) is 5.41 Å². The average Bonchev–Trinajstić information content (AvgIpc) is 3.88. The summed E-state index contributed by atoms with van der Waals surface area (Å²) < 4.78 is 5.08. The lowest BCUT2D eigenvalue weighted by Gasteiger charge is -2.46. The van der Waals surface area contributed by atoms with E-state index in [1.807, 2.05) is 23.1 Å². The van der Waals surface area contributed by atoms with Crippen molar-refractivity contribution in [2.45, 2.75) is 15.2 Å². The van der Waals surface area contributed by atoms with Crippen molar-refractivity contribution in [3.8, 4) is 16.8 Å². The molecule has 2 aromatic heterocycles. The van der Waals surface area contributed by atoms with E-state index >= 15 is 0 Å². The first kappa shape index (κ1) is 35.2. The van der Waals surface area contributed by atoms with E-state index in [2.05, 4.69) is 228 Å². The standard InChI is InChI=1S/C59H36N2S2/c1-2-16-38(17-3-1)60(39-28-31-44-43-19-5-9-25-52(43)61(53(44)34-39)41-29-32-46-45-20-6-10-26-54(45)62-56(46)35-41)40-30-33-50-57(36-40)63-55-27-11-8-23-49(55)59(50)48-22-7-4-18-42(48)47-21-12-14-37-15-13-24-51(59)58(37)47/h1-36H. The number of aromatic nitrogens is 1. The lowest BCUT2D eigenvalue weighted by atomic mass is 9.59. The van der Waals surface area contributed by atoms with Gasteiger partial charge in [-0.25, -0.2) is 0 Å². The fourth-order valence-electron chi connectivity index (χ4n) is 11.1. The molecule has 4 heteroatoms. The number of anilines is 3. The Labute approximate surface area is 372 Å². The van der Waals surface area contributed by atoms with Crippen LogP contribution in [0.1, 0.15) is 22.3 Å². The third-order valence-corrected chi connectivity index (χ3v) is 15.9. The summed E-state index contributed by atoms with van der Waals surface area (Å²) in [5, 5.41) is 7.74. The van der Waals surface area contributed by atoms with E-state index in [0.717, 1.165) is 17.1 Å². The molecule has 2 nitrogen and oxygen atoms in total. The zero-order valence-corrected chi connectivity index (χ0v) is 35.6. The van der Waals surface area contributed by atoms with Crippen molar-refractivity contribution < 1.29 is 0 Å². The minimum absolute atomic E-state index is 0.493. The van der Waals surface area contributed by atoms with Gasteiger partial charge in [0, 0.05) is 63.5 Å². The van der Waals surface area contributed by atoms with Crippen LogP contribution in [0.3, 0.4) is 0 Å². The van der Waals surface area contributed by atoms with Crippen LogP contribution in [0.5, 0.6) is 0 Å². The third kappa shape index (κ3) is 4.91. The first-order valence-electron chi connectivity index (χ1n) is 21.6. The smallest absolute Gasteiger partial charge is 0.0735 e. The second-order valence-corrected chi connectivity index (χ2v) is 19.0. The minimum atomic E-state index is -0.493. The quantitative estimate of drug-likeness (QED) is 0.174. The zero-order chi connectivity index (χ0) is 41.2. The molecule has 0 fully saturated rings. The molecule has 1 atom stereocenters. The van der Waals surface area contributed by atoms with Crippen LogP contribution in [0.25, 0.3) is 69.6 Å². The van der Waals surface area contributed by atoms with Gasteiger partial charge >= 0.3 is 0 Å². The number of thiophene rings is 1. The van der Waals surface area contributed by atoms with Crippen LogP contribution >= 0.6 is 23.1 Å². The lowest BCUT2D eigenvalue weighted by molar-refractivity contribution is 0.707. The predicted molar refractivity (Wildman–Crippen MR) is 267 cm³/mol. The first-order chi connectivity index (χ1) is 31.2. The van der Waals surface area contributed by atoms with Crippen molar-refractivity contribution in [1.82, 2.24) is 4.57 Å². The Hall–Kier alpha value is -7.37. The van der Waals surface area contributed by atoms with E-state index < -0.39 is 5.41 Å². The molecular weight excluding hydrogens is 801 g/mol. The van der Waals surface area contributed by atoms with Crippen LogP contribution in [0, 0.1) is 0 Å². The van der Waals surface area contributed by atoms with Gasteiger partial charge in [-0.05, 0) is 111 Å². The van der Waals surface area contributed by atoms with Crippen LogP contribution in [0.15, 0.2) is 228 Å². The number of hydrogen-bond donors (Lipinski definition) is 0. The number of benzene rings is 10. The maximum atomic E-state index is 2.46. The van der Waals surface area contributed by atoms with Gasteiger partial charge in [0.05, 0.1) is 16.4 Å². The maximum Gasteiger partial charge on any atom is 0.0735 e. The van der Waals surface area contributed by atoms with Crippen LogP contribution in [-0.4, -0.2) is 4.57 Å². The monoisotopic (exact) mass is 836 g/mol. The molecule has 0 radical (unpaired) electrons. The predicted octanol–water partition coefficient (Wildman–Crippen LogP) is 16.6. The highest BCUT2D eigenvalue weighted by Gasteiger charge is 2.48. The van der Waals surface area contributed by atoms with Gasteiger partial charge in [0.25, 0.3) is 0 Å². The highest BCUT2D eigenvalue weighted by Crippen LogP contribution is 2.61. The number of para-hydroxylation sites is 2. The van der Waals surface area contributed by atoms with Crippen molar-refractivity contribution in [3.05, 3.63) is 241 Å². The number of fused-ring (bicyclic) bond motifs is 14. The molecule has 2 aliphatic rings. The van der Waals surface area contributed by atoms with Gasteiger partial charge in [-0.3, -0.25) is 0 Å². The van der Waals surface area contributed by atoms with E-state index in [4.69, 9.17) is 0 Å². The average molecular weight is 837 g/mol. The first-order valence-corrected chi connectivity index (χ1v) is 23.2. The normalized spacial score (nSPS) is 15.0. The van der Waals surface area contributed by atoms with Crippen LogP contribution in [0.4, 0.5) is 17.1 Å². The van der Waals surface area contributed by atoms with Gasteiger partial charge in [0.1, 0.15) is 0 Å². The molecule has 0 saturated carbocycles. The summed E-state index contributed by atoms with van der Waals surface area (Å²) in [6.45, 7) is 0. The molecule has 14 rings (SSSR count). The Morgan fingerprint density at radius 1 is 0.381 bits per heavy atom. The van der Waals surface area contributed by atoms with Gasteiger partial charge in [0.2, 0.25) is 0 Å². The van der Waals surface area contributed by atoms with Crippen molar-refractivity contribution in [2.75, 3.05) is 4.90 Å². The highest BCUT2D eigenvalue weighted by molar-refractivity contribution is 7.99. The summed E-state index contributed by atoms with van der Waals surface area (Å²) >= 11 is 3.76. The Morgan fingerprint density at radius 2 is 1.03 bits per heavy atom. The Kier molecular flexibility index (Phi) is 7.45. The molecule has 1 unspecified atom stereocenters. The fourth-order valence-corrected chi connectivity index (χ4v) is 13.4. The second-order valence-electron chi connectivity index (χ2n) is 16.8. The van der Waals surface area contributed by atoms with Crippen molar-refractivity contribution in [1.29, 1.82) is 0 Å². The number of nitrogens with zero attached hydrogens (tertiary/aromatic N) is 2. The van der Waals surface area contributed by atoms with Gasteiger partial charge in [0.15, 0.2) is 0 Å². The molecule has 0 bridgehead atoms. The molecule has 63 heavy (non-hydrogen) atoms. The molecule has 10 aromatic carbocycles.